The van der Waals surface area contributed by atoms with Gasteiger partial charge in [0.1, 0.15) is 0 Å². The summed E-state index contributed by atoms with van der Waals surface area (Å²) in [7, 11) is 0. The third-order valence-corrected chi connectivity index (χ3v) is 2.44. The first-order valence-electron chi connectivity index (χ1n) is 5.54. The fraction of sp³-hybridized carbons (Fsp3) is 0.538. The summed E-state index contributed by atoms with van der Waals surface area (Å²) < 4.78 is 0. The van der Waals surface area contributed by atoms with Gasteiger partial charge in [-0.25, -0.2) is 0 Å². The van der Waals surface area contributed by atoms with E-state index in [0.29, 0.717) is 0 Å². The molecule has 1 rings (SSSR count). The highest BCUT2D eigenvalue weighted by Crippen LogP contribution is 2.04. The van der Waals surface area contributed by atoms with Gasteiger partial charge in [-0.15, -0.1) is 0 Å². The minimum absolute atomic E-state index is 1.04. The second-order valence-electron chi connectivity index (χ2n) is 3.61. The number of benzene rings is 1. The number of nitrogens with zero attached hydrogens (tertiary/aromatic N) is 1. The summed E-state index contributed by atoms with van der Waals surface area (Å²) in [5.41, 5.74) is 1.30. The zero-order chi connectivity index (χ0) is 10.2. The average molecular weight is 190 g/mol. The lowest BCUT2D eigenvalue weighted by Crippen LogP contribution is -2.23. The van der Waals surface area contributed by atoms with Crippen LogP contribution in [0.1, 0.15) is 32.3 Å². The zero-order valence-corrected chi connectivity index (χ0v) is 9.29. The predicted molar refractivity (Wildman–Crippen MR) is 61.1 cm³/mol. The molecule has 0 heterocycles. The highest BCUT2D eigenvalue weighted by molar-refractivity contribution is 5.12. The van der Waals surface area contributed by atoms with Crippen LogP contribution >= 0.6 is 0 Å². The van der Waals surface area contributed by atoms with Crippen LogP contribution in [0, 0.1) is 6.07 Å². The van der Waals surface area contributed by atoms with Crippen LogP contribution in [0.4, 0.5) is 0 Å². The predicted octanol–water partition coefficient (Wildman–Crippen LogP) is 3.11. The Morgan fingerprint density at radius 2 is 2.14 bits per heavy atom. The maximum atomic E-state index is 3.27. The Balaban J connectivity index is 2.40. The van der Waals surface area contributed by atoms with Gasteiger partial charge in [0.05, 0.1) is 0 Å². The summed E-state index contributed by atoms with van der Waals surface area (Å²) in [6, 6.07) is 11.5. The number of rotatable bonds is 6. The molecule has 0 atom stereocenters. The molecule has 1 aromatic rings. The molecule has 0 saturated carbocycles. The van der Waals surface area contributed by atoms with Gasteiger partial charge in [-0.05, 0) is 31.1 Å². The zero-order valence-electron chi connectivity index (χ0n) is 9.29. The molecule has 0 aliphatic carbocycles. The quantitative estimate of drug-likeness (QED) is 0.666. The van der Waals surface area contributed by atoms with Crippen LogP contribution in [0.5, 0.6) is 0 Å². The van der Waals surface area contributed by atoms with Crippen LogP contribution < -0.4 is 0 Å². The van der Waals surface area contributed by atoms with Crippen molar-refractivity contribution in [3.8, 4) is 0 Å². The molecule has 0 spiro atoms. The molecule has 0 aliphatic heterocycles. The molecule has 1 heteroatoms. The molecule has 1 aromatic carbocycles. The lowest BCUT2D eigenvalue weighted by Gasteiger charge is -2.19. The van der Waals surface area contributed by atoms with Gasteiger partial charge in [-0.3, -0.25) is 4.90 Å². The largest absolute Gasteiger partial charge is 0.299 e. The monoisotopic (exact) mass is 190 g/mol. The summed E-state index contributed by atoms with van der Waals surface area (Å²) in [6.07, 6.45) is 2.57. The summed E-state index contributed by atoms with van der Waals surface area (Å²) in [5, 5.41) is 0. The molecule has 0 fully saturated rings. The van der Waals surface area contributed by atoms with E-state index in [2.05, 4.69) is 36.9 Å². The maximum Gasteiger partial charge on any atom is 0.0239 e. The first-order chi connectivity index (χ1) is 6.86. The van der Waals surface area contributed by atoms with E-state index in [1.807, 2.05) is 12.1 Å². The van der Waals surface area contributed by atoms with E-state index in [9.17, 15) is 0 Å². The Bertz CT molecular complexity index is 230. The Morgan fingerprint density at radius 1 is 1.29 bits per heavy atom. The van der Waals surface area contributed by atoms with Crippen molar-refractivity contribution in [1.29, 1.82) is 0 Å². The van der Waals surface area contributed by atoms with E-state index in [1.165, 1.54) is 24.9 Å². The first-order valence-corrected chi connectivity index (χ1v) is 5.54. The van der Waals surface area contributed by atoms with Gasteiger partial charge in [-0.1, -0.05) is 44.5 Å². The van der Waals surface area contributed by atoms with Gasteiger partial charge in [0.2, 0.25) is 0 Å². The van der Waals surface area contributed by atoms with Crippen molar-refractivity contribution in [3.63, 3.8) is 0 Å². The fourth-order valence-corrected chi connectivity index (χ4v) is 1.50. The van der Waals surface area contributed by atoms with Crippen LogP contribution in [0.3, 0.4) is 0 Å². The smallest absolute Gasteiger partial charge is 0.0239 e. The average Bonchev–Trinajstić information content (AvgIpc) is 2.25. The van der Waals surface area contributed by atoms with Crippen LogP contribution in [-0.4, -0.2) is 18.0 Å². The standard InChI is InChI=1S/C13H20N/c1-3-5-11-14(4-2)12-13-9-7-6-8-10-13/h6-9H,3-5,11-12H2,1-2H3. The minimum Gasteiger partial charge on any atom is -0.299 e. The third-order valence-electron chi connectivity index (χ3n) is 2.44. The summed E-state index contributed by atoms with van der Waals surface area (Å²) in [6.45, 7) is 7.83. The van der Waals surface area contributed by atoms with Crippen molar-refractivity contribution in [3.05, 3.63) is 35.9 Å². The van der Waals surface area contributed by atoms with E-state index in [-0.39, 0.29) is 0 Å². The summed E-state index contributed by atoms with van der Waals surface area (Å²) in [5.74, 6) is 0. The van der Waals surface area contributed by atoms with E-state index >= 15 is 0 Å². The highest BCUT2D eigenvalue weighted by Gasteiger charge is 2.01. The van der Waals surface area contributed by atoms with Crippen molar-refractivity contribution < 1.29 is 0 Å². The highest BCUT2D eigenvalue weighted by atomic mass is 15.1. The van der Waals surface area contributed by atoms with Crippen LogP contribution in [0.25, 0.3) is 0 Å². The second kappa shape index (κ2) is 6.61. The van der Waals surface area contributed by atoms with Crippen molar-refractivity contribution in [2.75, 3.05) is 13.1 Å². The molecule has 0 N–H and O–H groups in total. The van der Waals surface area contributed by atoms with E-state index in [0.717, 1.165) is 13.1 Å². The Kier molecular flexibility index (Phi) is 5.31. The van der Waals surface area contributed by atoms with Gasteiger partial charge in [0.15, 0.2) is 0 Å². The molecule has 0 saturated heterocycles. The van der Waals surface area contributed by atoms with Crippen LogP contribution in [0.15, 0.2) is 24.3 Å². The lowest BCUT2D eigenvalue weighted by atomic mass is 10.2. The number of unbranched alkanes of at least 4 members (excludes halogenated alkanes) is 1. The topological polar surface area (TPSA) is 3.24 Å². The van der Waals surface area contributed by atoms with Crippen molar-refractivity contribution in [2.24, 2.45) is 0 Å². The molecule has 1 radical (unpaired) electrons. The van der Waals surface area contributed by atoms with Gasteiger partial charge >= 0.3 is 0 Å². The van der Waals surface area contributed by atoms with Crippen molar-refractivity contribution >= 4 is 0 Å². The normalized spacial score (nSPS) is 10.8. The molecule has 77 valence electrons. The van der Waals surface area contributed by atoms with Crippen LogP contribution in [-0.2, 0) is 6.54 Å². The van der Waals surface area contributed by atoms with Crippen molar-refractivity contribution in [1.82, 2.24) is 4.90 Å². The first kappa shape index (κ1) is 11.3. The van der Waals surface area contributed by atoms with Gasteiger partial charge in [0.25, 0.3) is 0 Å². The molecule has 1 nitrogen and oxygen atoms in total. The Hall–Kier alpha value is -0.820. The maximum absolute atomic E-state index is 3.27. The molecule has 0 aromatic heterocycles. The molecular formula is C13H20N. The second-order valence-corrected chi connectivity index (χ2v) is 3.61. The Labute approximate surface area is 87.7 Å². The number of hydrogen-bond donors (Lipinski definition) is 0. The molecule has 0 aliphatic rings. The van der Waals surface area contributed by atoms with Crippen LogP contribution in [0.2, 0.25) is 0 Å². The summed E-state index contributed by atoms with van der Waals surface area (Å²) >= 11 is 0. The number of hydrogen-bond acceptors (Lipinski definition) is 1. The summed E-state index contributed by atoms with van der Waals surface area (Å²) in [4.78, 5) is 2.47. The van der Waals surface area contributed by atoms with Gasteiger partial charge < -0.3 is 0 Å². The van der Waals surface area contributed by atoms with Gasteiger partial charge in [0, 0.05) is 6.54 Å². The van der Waals surface area contributed by atoms with E-state index < -0.39 is 0 Å². The van der Waals surface area contributed by atoms with Gasteiger partial charge in [-0.2, -0.15) is 0 Å². The molecule has 0 bridgehead atoms. The fourth-order valence-electron chi connectivity index (χ4n) is 1.50. The lowest BCUT2D eigenvalue weighted by molar-refractivity contribution is 0.275. The third kappa shape index (κ3) is 3.93. The van der Waals surface area contributed by atoms with E-state index in [1.54, 1.807) is 0 Å². The molecule has 0 amide bonds. The SMILES string of the molecule is CCCCN(CC)Cc1[c]cccc1. The molecule has 14 heavy (non-hydrogen) atoms. The molecule has 0 unspecified atom stereocenters. The Morgan fingerprint density at radius 3 is 2.71 bits per heavy atom. The minimum atomic E-state index is 1.04. The van der Waals surface area contributed by atoms with E-state index in [4.69, 9.17) is 0 Å². The molecular weight excluding hydrogens is 170 g/mol. The van der Waals surface area contributed by atoms with Crippen molar-refractivity contribution in [2.45, 2.75) is 33.2 Å².